The highest BCUT2D eigenvalue weighted by Crippen LogP contribution is 2.49. The van der Waals surface area contributed by atoms with Gasteiger partial charge in [-0.3, -0.25) is 0 Å². The summed E-state index contributed by atoms with van der Waals surface area (Å²) < 4.78 is 15.1. The molecule has 0 bridgehead atoms. The van der Waals surface area contributed by atoms with Gasteiger partial charge in [-0.2, -0.15) is 0 Å². The van der Waals surface area contributed by atoms with E-state index >= 15 is 0 Å². The van der Waals surface area contributed by atoms with E-state index in [0.717, 1.165) is 123 Å². The Bertz CT molecular complexity index is 8310. The first-order valence-corrected chi connectivity index (χ1v) is 44.7. The van der Waals surface area contributed by atoms with Crippen LogP contribution in [0.4, 0.5) is 0 Å². The van der Waals surface area contributed by atoms with Crippen LogP contribution < -0.4 is 0 Å². The first-order chi connectivity index (χ1) is 62.4. The van der Waals surface area contributed by atoms with E-state index in [-0.39, 0.29) is 0 Å². The van der Waals surface area contributed by atoms with Crippen molar-refractivity contribution < 1.29 is 0 Å². The molecule has 0 spiro atoms. The lowest BCUT2D eigenvalue weighted by Crippen LogP contribution is -2.02. The van der Waals surface area contributed by atoms with Gasteiger partial charge in [0.2, 0.25) is 0 Å². The van der Waals surface area contributed by atoms with Gasteiger partial charge in [0.15, 0.2) is 17.5 Å². The minimum absolute atomic E-state index is 0.614. The lowest BCUT2D eigenvalue weighted by molar-refractivity contribution is 1.12. The smallest absolute Gasteiger partial charge is 0.160 e. The number of nitrogens with zero attached hydrogens (tertiary/aromatic N) is 9. The molecule has 0 fully saturated rings. The summed E-state index contributed by atoms with van der Waals surface area (Å²) in [5, 5.41) is 15.2. The highest BCUT2D eigenvalue weighted by Gasteiger charge is 2.26. The monoisotopic (exact) mass is 1660 g/mol. The van der Waals surface area contributed by atoms with Crippen molar-refractivity contribution in [3.63, 3.8) is 0 Å². The van der Waals surface area contributed by atoms with Crippen molar-refractivity contribution in [1.82, 2.24) is 43.6 Å². The molecule has 0 amide bonds. The lowest BCUT2D eigenvalue weighted by atomic mass is 10.0. The fourth-order valence-corrected chi connectivity index (χ4v) is 22.6. The highest BCUT2D eigenvalue weighted by molar-refractivity contribution is 7.27. The molecule has 0 aliphatic rings. The Kier molecular flexibility index (Phi) is 17.3. The number of para-hydroxylation sites is 3. The maximum absolute atomic E-state index is 5.40. The van der Waals surface area contributed by atoms with Crippen LogP contribution in [-0.4, -0.2) is 43.6 Å². The molecule has 26 rings (SSSR count). The first-order valence-electron chi connectivity index (χ1n) is 42.3. The Labute approximate surface area is 735 Å². The molecule has 26 aromatic rings. The summed E-state index contributed by atoms with van der Waals surface area (Å²) in [5.74, 6) is 1.90. The Morgan fingerprint density at radius 1 is 0.159 bits per heavy atom. The summed E-state index contributed by atoms with van der Waals surface area (Å²) in [7, 11) is 0. The molecule has 0 radical (unpaired) electrons. The van der Waals surface area contributed by atoms with E-state index in [9.17, 15) is 0 Å². The fourth-order valence-electron chi connectivity index (χ4n) is 18.8. The normalized spacial score (nSPS) is 11.8. The van der Waals surface area contributed by atoms with Crippen molar-refractivity contribution in [2.24, 2.45) is 0 Å². The topological polar surface area (TPSA) is 92.1 Å². The number of fused-ring (bicyclic) bond motifs is 21. The predicted octanol–water partition coefficient (Wildman–Crippen LogP) is 31.1. The summed E-state index contributed by atoms with van der Waals surface area (Å²) in [5.41, 5.74) is 23.9. The maximum atomic E-state index is 5.40. The van der Waals surface area contributed by atoms with Gasteiger partial charge in [-0.25, -0.2) is 29.9 Å². The molecule has 0 unspecified atom stereocenters. The summed E-state index contributed by atoms with van der Waals surface area (Å²) >= 11 is 5.63. The van der Waals surface area contributed by atoms with Crippen LogP contribution in [0.15, 0.2) is 419 Å². The number of hydrogen-bond acceptors (Lipinski definition) is 9. The van der Waals surface area contributed by atoms with Gasteiger partial charge in [-0.05, 0) is 109 Å². The van der Waals surface area contributed by atoms with E-state index in [2.05, 4.69) is 408 Å². The van der Waals surface area contributed by atoms with Crippen molar-refractivity contribution in [2.75, 3.05) is 0 Å². The van der Waals surface area contributed by atoms with Crippen molar-refractivity contribution >= 4 is 160 Å². The van der Waals surface area contributed by atoms with Crippen LogP contribution >= 0.6 is 34.0 Å². The zero-order valence-corrected chi connectivity index (χ0v) is 70.0. The molecule has 126 heavy (non-hydrogen) atoms. The summed E-state index contributed by atoms with van der Waals surface area (Å²) in [6.07, 6.45) is 0. The molecule has 0 aliphatic carbocycles. The Balaban J connectivity index is 0.000000137. The number of hydrogen-bond donors (Lipinski definition) is 0. The molecule has 0 N–H and O–H groups in total. The van der Waals surface area contributed by atoms with Crippen LogP contribution in [0.2, 0.25) is 0 Å². The van der Waals surface area contributed by atoms with E-state index in [0.29, 0.717) is 17.5 Å². The van der Waals surface area contributed by atoms with Gasteiger partial charge >= 0.3 is 0 Å². The minimum atomic E-state index is 0.614. The van der Waals surface area contributed by atoms with Gasteiger partial charge in [0.1, 0.15) is 0 Å². The minimum Gasteiger partial charge on any atom is -0.309 e. The molecule has 0 saturated heterocycles. The molecule has 12 heteroatoms. The highest BCUT2D eigenvalue weighted by atomic mass is 32.1. The third kappa shape index (κ3) is 12.3. The third-order valence-electron chi connectivity index (χ3n) is 24.5. The van der Waals surface area contributed by atoms with Crippen molar-refractivity contribution in [3.8, 4) is 119 Å². The molecule has 9 nitrogen and oxygen atoms in total. The third-order valence-corrected chi connectivity index (χ3v) is 28.1. The first kappa shape index (κ1) is 72.8. The van der Waals surface area contributed by atoms with Gasteiger partial charge in [-0.15, -0.1) is 34.0 Å². The zero-order valence-electron chi connectivity index (χ0n) is 67.6. The largest absolute Gasteiger partial charge is 0.309 e. The maximum Gasteiger partial charge on any atom is 0.160 e. The summed E-state index contributed by atoms with van der Waals surface area (Å²) in [4.78, 5) is 32.1. The Morgan fingerprint density at radius 3 is 0.651 bits per heavy atom. The van der Waals surface area contributed by atoms with Crippen LogP contribution in [0.25, 0.3) is 245 Å². The van der Waals surface area contributed by atoms with Gasteiger partial charge in [0.05, 0.1) is 67.3 Å². The van der Waals surface area contributed by atoms with Crippen molar-refractivity contribution in [3.05, 3.63) is 419 Å². The summed E-state index contributed by atoms with van der Waals surface area (Å²) in [6, 6.07) is 149. The van der Waals surface area contributed by atoms with Gasteiger partial charge in [0.25, 0.3) is 0 Å². The Hall–Kier alpha value is -16.0. The van der Waals surface area contributed by atoms with Gasteiger partial charge < -0.3 is 13.7 Å². The molecule has 0 aliphatic heterocycles. The van der Waals surface area contributed by atoms with Crippen LogP contribution in [0.5, 0.6) is 0 Å². The van der Waals surface area contributed by atoms with Crippen molar-refractivity contribution in [1.29, 1.82) is 0 Å². The predicted molar refractivity (Wildman–Crippen MR) is 530 cm³/mol. The quantitative estimate of drug-likeness (QED) is 0.121. The van der Waals surface area contributed by atoms with Crippen LogP contribution in [0.1, 0.15) is 0 Å². The average Bonchev–Trinajstić information content (AvgIpc) is 1.56. The molecule has 17 aromatic carbocycles. The molecular formula is C114H69N9S3. The van der Waals surface area contributed by atoms with Crippen LogP contribution in [-0.2, 0) is 0 Å². The number of rotatable bonds is 12. The van der Waals surface area contributed by atoms with Crippen LogP contribution in [0.3, 0.4) is 0 Å². The number of aromatic nitrogens is 9. The molecule has 0 saturated carbocycles. The van der Waals surface area contributed by atoms with E-state index in [4.69, 9.17) is 29.9 Å². The number of thiophene rings is 3. The molecule has 9 aromatic heterocycles. The van der Waals surface area contributed by atoms with Gasteiger partial charge in [-0.1, -0.05) is 309 Å². The molecule has 9 heterocycles. The van der Waals surface area contributed by atoms with E-state index in [1.807, 2.05) is 58.3 Å². The molecule has 0 atom stereocenters. The lowest BCUT2D eigenvalue weighted by Gasteiger charge is -2.16. The SMILES string of the molecule is c1ccc(-c2cc(-c3ccccc3)nc(-c3cc(-c4nc(-c5ccccc5)cc(-c5ccccc5)n4)cc(-n4c5ccccc5c5c6sc7ccccc7c6ccc54)c3)n2)cc1.c1ccc(-c2cc(-c3ccccc3)nc(-c3cc(-n4c5ccccc5c5c6sc7ccccc7c6ccc54)cc(-n4c5ccccc5c5c6sc7ccccc7c6ccc54)c3)n2)cc1. The second kappa shape index (κ2) is 30.0. The number of benzene rings is 17. The fraction of sp³-hybridized carbons (Fsp3) is 0. The average molecular weight is 1660 g/mol. The van der Waals surface area contributed by atoms with E-state index in [1.165, 1.54) is 104 Å². The zero-order chi connectivity index (χ0) is 82.9. The second-order valence-electron chi connectivity index (χ2n) is 32.0. The molecule has 588 valence electrons. The van der Waals surface area contributed by atoms with E-state index < -0.39 is 0 Å². The summed E-state index contributed by atoms with van der Waals surface area (Å²) in [6.45, 7) is 0. The van der Waals surface area contributed by atoms with E-state index in [1.54, 1.807) is 0 Å². The van der Waals surface area contributed by atoms with Crippen molar-refractivity contribution in [2.45, 2.75) is 0 Å². The second-order valence-corrected chi connectivity index (χ2v) is 35.1. The standard InChI is InChI=1S/C58H34N4S2.C56H35N5S/c1-3-15-35(16-4-1)46-34-47(36-17-5-2-6-18-36)60-58(59-46)37-31-38(61-48-23-11-7-21-44(48)54-50(61)29-27-42-40-19-9-13-25-52(40)63-56(42)54)33-39(32-37)62-49-24-12-8-22-45(49)55-51(62)30-28-43-41-20-10-14-26-53(41)64-57(43)55;1-5-17-36(18-6-1)46-34-47(37-19-7-2-8-20-37)58-55(57-46)40-31-41(56-59-48(38-21-9-3-10-22-38)35-49(60-56)39-23-11-4-12-24-39)33-42(32-40)61-50-27-15-13-26-45(50)53-51(61)30-29-44-43-25-14-16-28-52(43)62-54(44)53/h1-34H;1-35H. The van der Waals surface area contributed by atoms with Crippen LogP contribution in [0, 0.1) is 0 Å². The van der Waals surface area contributed by atoms with Gasteiger partial charge in [0, 0.05) is 160 Å². The Morgan fingerprint density at radius 2 is 0.381 bits per heavy atom. The molecular weight excluding hydrogens is 1590 g/mol.